The van der Waals surface area contributed by atoms with Crippen LogP contribution >= 0.6 is 0 Å². The molecule has 1 fully saturated rings. The molecule has 1 aromatic carbocycles. The van der Waals surface area contributed by atoms with E-state index in [-0.39, 0.29) is 17.9 Å². The number of ether oxygens (including phenoxy) is 1. The molecule has 0 aliphatic carbocycles. The van der Waals surface area contributed by atoms with Gasteiger partial charge >= 0.3 is 0 Å². The Balaban J connectivity index is 1.84. The van der Waals surface area contributed by atoms with Crippen LogP contribution in [0.3, 0.4) is 0 Å². The standard InChI is InChI=1S/C13H13NO3/c15-12-10-5-1-2-6-11(10)13(16)14(12)8-9-4-3-7-17-9/h1-2,5-6,9H,3-4,7-8H2/t9-/m1/s1. The van der Waals surface area contributed by atoms with Crippen molar-refractivity contribution in [3.8, 4) is 0 Å². The summed E-state index contributed by atoms with van der Waals surface area (Å²) < 4.78 is 5.46. The van der Waals surface area contributed by atoms with Crippen LogP contribution in [0.25, 0.3) is 0 Å². The van der Waals surface area contributed by atoms with Crippen molar-refractivity contribution in [2.45, 2.75) is 18.9 Å². The lowest BCUT2D eigenvalue weighted by Crippen LogP contribution is -2.36. The number of benzene rings is 1. The second-order valence-electron chi connectivity index (χ2n) is 4.40. The molecule has 0 radical (unpaired) electrons. The monoisotopic (exact) mass is 231 g/mol. The number of imide groups is 1. The van der Waals surface area contributed by atoms with Crippen molar-refractivity contribution in [3.63, 3.8) is 0 Å². The molecule has 3 rings (SSSR count). The third kappa shape index (κ3) is 1.65. The van der Waals surface area contributed by atoms with Gasteiger partial charge in [0.05, 0.1) is 23.8 Å². The quantitative estimate of drug-likeness (QED) is 0.724. The van der Waals surface area contributed by atoms with Gasteiger partial charge in [-0.25, -0.2) is 0 Å². The molecule has 2 aliphatic rings. The lowest BCUT2D eigenvalue weighted by molar-refractivity contribution is 0.0475. The Hall–Kier alpha value is -1.68. The van der Waals surface area contributed by atoms with Crippen LogP contribution in [0.4, 0.5) is 0 Å². The SMILES string of the molecule is O=C1c2ccccc2C(=O)N1C[C@H]1CCCO1. The number of amides is 2. The average molecular weight is 231 g/mol. The summed E-state index contributed by atoms with van der Waals surface area (Å²) in [6.45, 7) is 1.11. The maximum Gasteiger partial charge on any atom is 0.261 e. The Kier molecular flexibility index (Phi) is 2.44. The van der Waals surface area contributed by atoms with E-state index in [9.17, 15) is 9.59 Å². The van der Waals surface area contributed by atoms with Gasteiger partial charge in [0.15, 0.2) is 0 Å². The molecular weight excluding hydrogens is 218 g/mol. The molecular formula is C13H13NO3. The van der Waals surface area contributed by atoms with E-state index in [2.05, 4.69) is 0 Å². The molecule has 2 heterocycles. The molecule has 0 bridgehead atoms. The van der Waals surface area contributed by atoms with Crippen LogP contribution in [0.2, 0.25) is 0 Å². The van der Waals surface area contributed by atoms with E-state index in [1.54, 1.807) is 24.3 Å². The van der Waals surface area contributed by atoms with E-state index >= 15 is 0 Å². The molecule has 0 unspecified atom stereocenters. The molecule has 0 saturated carbocycles. The zero-order valence-corrected chi connectivity index (χ0v) is 9.39. The van der Waals surface area contributed by atoms with Crippen LogP contribution < -0.4 is 0 Å². The highest BCUT2D eigenvalue weighted by atomic mass is 16.5. The van der Waals surface area contributed by atoms with E-state index in [0.29, 0.717) is 17.7 Å². The smallest absolute Gasteiger partial charge is 0.261 e. The van der Waals surface area contributed by atoms with Crippen molar-refractivity contribution in [1.82, 2.24) is 4.90 Å². The van der Waals surface area contributed by atoms with Crippen molar-refractivity contribution >= 4 is 11.8 Å². The average Bonchev–Trinajstić information content (AvgIpc) is 2.94. The van der Waals surface area contributed by atoms with Crippen LogP contribution in [0.5, 0.6) is 0 Å². The summed E-state index contributed by atoms with van der Waals surface area (Å²) in [7, 11) is 0. The van der Waals surface area contributed by atoms with Gasteiger partial charge in [0.25, 0.3) is 11.8 Å². The Morgan fingerprint density at radius 3 is 2.35 bits per heavy atom. The molecule has 2 amide bonds. The summed E-state index contributed by atoms with van der Waals surface area (Å²) in [5.41, 5.74) is 1.02. The third-order valence-electron chi connectivity index (χ3n) is 3.29. The van der Waals surface area contributed by atoms with Crippen LogP contribution in [0.1, 0.15) is 33.6 Å². The van der Waals surface area contributed by atoms with Crippen LogP contribution in [0, 0.1) is 0 Å². The highest BCUT2D eigenvalue weighted by molar-refractivity contribution is 6.21. The zero-order valence-electron chi connectivity index (χ0n) is 9.39. The van der Waals surface area contributed by atoms with Gasteiger partial charge in [-0.05, 0) is 25.0 Å². The lowest BCUT2D eigenvalue weighted by atomic mass is 10.1. The molecule has 4 nitrogen and oxygen atoms in total. The number of carbonyl (C=O) groups excluding carboxylic acids is 2. The van der Waals surface area contributed by atoms with Gasteiger partial charge in [0.1, 0.15) is 0 Å². The summed E-state index contributed by atoms with van der Waals surface area (Å²) in [5, 5.41) is 0. The predicted molar refractivity (Wildman–Crippen MR) is 60.8 cm³/mol. The van der Waals surface area contributed by atoms with Crippen LogP contribution in [-0.4, -0.2) is 36.0 Å². The Morgan fingerprint density at radius 2 is 1.82 bits per heavy atom. The summed E-state index contributed by atoms with van der Waals surface area (Å²) in [5.74, 6) is -0.387. The number of rotatable bonds is 2. The van der Waals surface area contributed by atoms with Crippen molar-refractivity contribution < 1.29 is 14.3 Å². The highest BCUT2D eigenvalue weighted by Crippen LogP contribution is 2.24. The normalized spacial score (nSPS) is 23.3. The van der Waals surface area contributed by atoms with Gasteiger partial charge < -0.3 is 4.74 Å². The van der Waals surface area contributed by atoms with Gasteiger partial charge in [-0.1, -0.05) is 12.1 Å². The van der Waals surface area contributed by atoms with Gasteiger partial charge in [0, 0.05) is 6.61 Å². The van der Waals surface area contributed by atoms with Crippen molar-refractivity contribution in [1.29, 1.82) is 0 Å². The summed E-state index contributed by atoms with van der Waals surface area (Å²) in [6.07, 6.45) is 1.94. The largest absolute Gasteiger partial charge is 0.376 e. The van der Waals surface area contributed by atoms with Gasteiger partial charge in [-0.3, -0.25) is 14.5 Å². The fourth-order valence-electron chi connectivity index (χ4n) is 2.40. The Bertz CT molecular complexity index is 442. The van der Waals surface area contributed by atoms with Gasteiger partial charge in [0.2, 0.25) is 0 Å². The third-order valence-corrected chi connectivity index (χ3v) is 3.29. The van der Waals surface area contributed by atoms with Gasteiger partial charge in [-0.15, -0.1) is 0 Å². The second kappa shape index (κ2) is 3.96. The van der Waals surface area contributed by atoms with Crippen molar-refractivity contribution in [2.24, 2.45) is 0 Å². The molecule has 17 heavy (non-hydrogen) atoms. The number of nitrogens with zero attached hydrogens (tertiary/aromatic N) is 1. The van der Waals surface area contributed by atoms with E-state index in [0.717, 1.165) is 19.4 Å². The summed E-state index contributed by atoms with van der Waals surface area (Å²) in [4.78, 5) is 25.4. The maximum atomic E-state index is 12.0. The minimum Gasteiger partial charge on any atom is -0.376 e. The lowest BCUT2D eigenvalue weighted by Gasteiger charge is -2.17. The molecule has 88 valence electrons. The molecule has 1 aromatic rings. The second-order valence-corrected chi connectivity index (χ2v) is 4.40. The first-order valence-electron chi connectivity index (χ1n) is 5.84. The first-order chi connectivity index (χ1) is 8.27. The molecule has 1 atom stereocenters. The van der Waals surface area contributed by atoms with Gasteiger partial charge in [-0.2, -0.15) is 0 Å². The summed E-state index contributed by atoms with van der Waals surface area (Å²) >= 11 is 0. The van der Waals surface area contributed by atoms with E-state index in [1.807, 2.05) is 0 Å². The minimum atomic E-state index is -0.193. The number of hydrogen-bond acceptors (Lipinski definition) is 3. The molecule has 0 spiro atoms. The van der Waals surface area contributed by atoms with E-state index in [1.165, 1.54) is 4.90 Å². The molecule has 0 N–H and O–H groups in total. The number of hydrogen-bond donors (Lipinski definition) is 0. The van der Waals surface area contributed by atoms with E-state index < -0.39 is 0 Å². The van der Waals surface area contributed by atoms with Crippen LogP contribution in [-0.2, 0) is 4.74 Å². The Labute approximate surface area is 99.2 Å². The fourth-order valence-corrected chi connectivity index (χ4v) is 2.40. The fraction of sp³-hybridized carbons (Fsp3) is 0.385. The van der Waals surface area contributed by atoms with Crippen LogP contribution in [0.15, 0.2) is 24.3 Å². The first-order valence-corrected chi connectivity index (χ1v) is 5.84. The molecule has 0 aromatic heterocycles. The summed E-state index contributed by atoms with van der Waals surface area (Å²) in [6, 6.07) is 6.95. The molecule has 1 saturated heterocycles. The predicted octanol–water partition coefficient (Wildman–Crippen LogP) is 1.46. The number of fused-ring (bicyclic) bond motifs is 1. The molecule has 2 aliphatic heterocycles. The highest BCUT2D eigenvalue weighted by Gasteiger charge is 2.36. The first kappa shape index (κ1) is 10.5. The number of carbonyl (C=O) groups is 2. The van der Waals surface area contributed by atoms with E-state index in [4.69, 9.17) is 4.74 Å². The topological polar surface area (TPSA) is 46.6 Å². The van der Waals surface area contributed by atoms with Crippen molar-refractivity contribution in [3.05, 3.63) is 35.4 Å². The van der Waals surface area contributed by atoms with Crippen molar-refractivity contribution in [2.75, 3.05) is 13.2 Å². The zero-order chi connectivity index (χ0) is 11.8. The minimum absolute atomic E-state index is 0.0113. The Morgan fingerprint density at radius 1 is 1.18 bits per heavy atom. The molecule has 4 heteroatoms. The maximum absolute atomic E-state index is 12.0.